The number of hydrogen-bond acceptors (Lipinski definition) is 4. The van der Waals surface area contributed by atoms with Gasteiger partial charge in [0, 0.05) is 6.92 Å². The summed E-state index contributed by atoms with van der Waals surface area (Å²) >= 11 is 1.83. The fourth-order valence-corrected chi connectivity index (χ4v) is 2.45. The minimum Gasteiger partial charge on any atom is -0.463 e. The van der Waals surface area contributed by atoms with Gasteiger partial charge in [0.25, 0.3) is 0 Å². The molecule has 1 aliphatic rings. The van der Waals surface area contributed by atoms with Crippen LogP contribution in [0.4, 0.5) is 0 Å². The Morgan fingerprint density at radius 3 is 3.00 bits per heavy atom. The van der Waals surface area contributed by atoms with E-state index >= 15 is 0 Å². The normalized spacial score (nSPS) is 27.3. The Bertz CT molecular complexity index is 182. The van der Waals surface area contributed by atoms with Crippen molar-refractivity contribution in [2.45, 2.75) is 44.6 Å². The molecule has 1 aliphatic heterocycles. The van der Waals surface area contributed by atoms with E-state index in [9.17, 15) is 4.79 Å². The van der Waals surface area contributed by atoms with Gasteiger partial charge in [-0.05, 0) is 25.0 Å². The molecule has 0 aliphatic carbocycles. The predicted octanol–water partition coefficient (Wildman–Crippen LogP) is 2.20. The monoisotopic (exact) mass is 218 g/mol. The molecule has 0 N–H and O–H groups in total. The molecule has 2 atom stereocenters. The third-order valence-electron chi connectivity index (χ3n) is 2.14. The van der Waals surface area contributed by atoms with E-state index < -0.39 is 0 Å². The lowest BCUT2D eigenvalue weighted by molar-refractivity contribution is -0.147. The molecule has 1 unspecified atom stereocenters. The molecular formula is C10H18O3S. The molecule has 0 radical (unpaired) electrons. The van der Waals surface area contributed by atoms with Gasteiger partial charge in [-0.2, -0.15) is 0 Å². The minimum absolute atomic E-state index is 0.108. The van der Waals surface area contributed by atoms with Crippen molar-refractivity contribution in [2.75, 3.05) is 12.4 Å². The third-order valence-corrected chi connectivity index (χ3v) is 3.19. The number of ether oxygens (including phenoxy) is 2. The van der Waals surface area contributed by atoms with Crippen LogP contribution in [0.25, 0.3) is 0 Å². The molecule has 0 aromatic carbocycles. The van der Waals surface area contributed by atoms with Crippen LogP contribution < -0.4 is 0 Å². The van der Waals surface area contributed by atoms with Crippen LogP contribution in [-0.2, 0) is 14.3 Å². The quantitative estimate of drug-likeness (QED) is 0.678. The lowest BCUT2D eigenvalue weighted by atomic mass is 10.1. The second-order valence-electron chi connectivity index (χ2n) is 3.38. The molecule has 14 heavy (non-hydrogen) atoms. The summed E-state index contributed by atoms with van der Waals surface area (Å²) in [7, 11) is 0. The van der Waals surface area contributed by atoms with Gasteiger partial charge in [-0.1, -0.05) is 6.92 Å². The SMILES string of the molecule is CCS[C@H]1CCCC(COC(C)=O)O1. The molecule has 0 amide bonds. The van der Waals surface area contributed by atoms with Crippen molar-refractivity contribution in [1.29, 1.82) is 0 Å². The van der Waals surface area contributed by atoms with Crippen LogP contribution >= 0.6 is 11.8 Å². The Kier molecular flexibility index (Phi) is 5.33. The average Bonchev–Trinajstić information content (AvgIpc) is 2.16. The zero-order valence-corrected chi connectivity index (χ0v) is 9.64. The molecule has 0 bridgehead atoms. The number of esters is 1. The van der Waals surface area contributed by atoms with Gasteiger partial charge in [-0.15, -0.1) is 11.8 Å². The molecule has 1 fully saturated rings. The zero-order valence-electron chi connectivity index (χ0n) is 8.82. The van der Waals surface area contributed by atoms with Crippen molar-refractivity contribution in [1.82, 2.24) is 0 Å². The number of carbonyl (C=O) groups excluding carboxylic acids is 1. The van der Waals surface area contributed by atoms with Crippen molar-refractivity contribution in [2.24, 2.45) is 0 Å². The van der Waals surface area contributed by atoms with E-state index in [2.05, 4.69) is 6.92 Å². The van der Waals surface area contributed by atoms with Crippen LogP contribution in [-0.4, -0.2) is 29.9 Å². The molecule has 82 valence electrons. The molecule has 1 saturated heterocycles. The highest BCUT2D eigenvalue weighted by Gasteiger charge is 2.22. The Hall–Kier alpha value is -0.220. The van der Waals surface area contributed by atoms with Crippen molar-refractivity contribution < 1.29 is 14.3 Å². The lowest BCUT2D eigenvalue weighted by Crippen LogP contribution is -2.30. The highest BCUT2D eigenvalue weighted by molar-refractivity contribution is 7.99. The van der Waals surface area contributed by atoms with E-state index in [4.69, 9.17) is 9.47 Å². The van der Waals surface area contributed by atoms with E-state index in [1.54, 1.807) is 0 Å². The molecule has 4 heteroatoms. The van der Waals surface area contributed by atoms with Gasteiger partial charge >= 0.3 is 5.97 Å². The van der Waals surface area contributed by atoms with Gasteiger partial charge in [-0.3, -0.25) is 4.79 Å². The first-order chi connectivity index (χ1) is 6.72. The number of rotatable bonds is 4. The first-order valence-corrected chi connectivity index (χ1v) is 6.17. The van der Waals surface area contributed by atoms with Crippen LogP contribution in [0.5, 0.6) is 0 Å². The standard InChI is InChI=1S/C10H18O3S/c1-3-14-10-6-4-5-9(13-10)7-12-8(2)11/h9-10H,3-7H2,1-2H3/t9?,10-/m0/s1. The average molecular weight is 218 g/mol. The molecule has 0 spiro atoms. The van der Waals surface area contributed by atoms with E-state index in [0.29, 0.717) is 12.0 Å². The molecule has 3 nitrogen and oxygen atoms in total. The van der Waals surface area contributed by atoms with E-state index in [1.807, 2.05) is 11.8 Å². The van der Waals surface area contributed by atoms with E-state index in [0.717, 1.165) is 18.6 Å². The van der Waals surface area contributed by atoms with Crippen molar-refractivity contribution >= 4 is 17.7 Å². The Labute approximate surface area is 89.5 Å². The number of thioether (sulfide) groups is 1. The Morgan fingerprint density at radius 2 is 2.36 bits per heavy atom. The number of hydrogen-bond donors (Lipinski definition) is 0. The first kappa shape index (κ1) is 11.9. The molecule has 0 saturated carbocycles. The van der Waals surface area contributed by atoms with E-state index in [1.165, 1.54) is 13.3 Å². The van der Waals surface area contributed by atoms with Crippen LogP contribution in [0, 0.1) is 0 Å². The Balaban J connectivity index is 2.21. The van der Waals surface area contributed by atoms with Gasteiger partial charge in [-0.25, -0.2) is 0 Å². The summed E-state index contributed by atoms with van der Waals surface area (Å²) < 4.78 is 10.7. The summed E-state index contributed by atoms with van der Waals surface area (Å²) in [4.78, 5) is 10.6. The second kappa shape index (κ2) is 6.30. The van der Waals surface area contributed by atoms with Crippen LogP contribution in [0.1, 0.15) is 33.1 Å². The summed E-state index contributed by atoms with van der Waals surface area (Å²) in [5, 5.41) is 0. The maximum atomic E-state index is 10.6. The van der Waals surface area contributed by atoms with Gasteiger partial charge < -0.3 is 9.47 Å². The fourth-order valence-electron chi connectivity index (χ4n) is 1.50. The summed E-state index contributed by atoms with van der Waals surface area (Å²) in [6, 6.07) is 0. The number of carbonyl (C=O) groups is 1. The van der Waals surface area contributed by atoms with Crippen molar-refractivity contribution in [3.63, 3.8) is 0 Å². The Morgan fingerprint density at radius 1 is 1.57 bits per heavy atom. The minimum atomic E-state index is -0.223. The van der Waals surface area contributed by atoms with Crippen molar-refractivity contribution in [3.8, 4) is 0 Å². The molecule has 0 aromatic rings. The molecule has 1 rings (SSSR count). The van der Waals surface area contributed by atoms with Crippen LogP contribution in [0.3, 0.4) is 0 Å². The van der Waals surface area contributed by atoms with E-state index in [-0.39, 0.29) is 12.1 Å². The van der Waals surface area contributed by atoms with Crippen molar-refractivity contribution in [3.05, 3.63) is 0 Å². The predicted molar refractivity (Wildman–Crippen MR) is 57.3 cm³/mol. The van der Waals surface area contributed by atoms with Gasteiger partial charge in [0.15, 0.2) is 0 Å². The topological polar surface area (TPSA) is 35.5 Å². The molecule has 0 aromatic heterocycles. The summed E-state index contributed by atoms with van der Waals surface area (Å²) in [6.07, 6.45) is 3.41. The van der Waals surface area contributed by atoms with Gasteiger partial charge in [0.1, 0.15) is 12.0 Å². The summed E-state index contributed by atoms with van der Waals surface area (Å²) in [5.41, 5.74) is 0.300. The maximum absolute atomic E-state index is 10.6. The fraction of sp³-hybridized carbons (Fsp3) is 0.900. The molecular weight excluding hydrogens is 200 g/mol. The largest absolute Gasteiger partial charge is 0.463 e. The third kappa shape index (κ3) is 4.33. The first-order valence-electron chi connectivity index (χ1n) is 5.12. The zero-order chi connectivity index (χ0) is 10.4. The molecule has 1 heterocycles. The van der Waals surface area contributed by atoms with Gasteiger partial charge in [0.05, 0.1) is 6.10 Å². The van der Waals surface area contributed by atoms with Crippen LogP contribution in [0.15, 0.2) is 0 Å². The smallest absolute Gasteiger partial charge is 0.302 e. The highest BCUT2D eigenvalue weighted by Crippen LogP contribution is 2.26. The summed E-state index contributed by atoms with van der Waals surface area (Å²) in [5.74, 6) is 0.851. The lowest BCUT2D eigenvalue weighted by Gasteiger charge is -2.28. The second-order valence-corrected chi connectivity index (χ2v) is 4.81. The summed E-state index contributed by atoms with van der Waals surface area (Å²) in [6.45, 7) is 3.97. The van der Waals surface area contributed by atoms with Gasteiger partial charge in [0.2, 0.25) is 0 Å². The highest BCUT2D eigenvalue weighted by atomic mass is 32.2. The van der Waals surface area contributed by atoms with Crippen LogP contribution in [0.2, 0.25) is 0 Å². The maximum Gasteiger partial charge on any atom is 0.302 e.